The van der Waals surface area contributed by atoms with Crippen molar-refractivity contribution in [2.24, 2.45) is 0 Å². The van der Waals surface area contributed by atoms with Crippen molar-refractivity contribution >= 4 is 17.7 Å². The lowest BCUT2D eigenvalue weighted by atomic mass is 10.0. The summed E-state index contributed by atoms with van der Waals surface area (Å²) in [6, 6.07) is 11.4. The number of carbonyl (C=O) groups is 3. The van der Waals surface area contributed by atoms with E-state index < -0.39 is 30.3 Å². The van der Waals surface area contributed by atoms with E-state index in [2.05, 4.69) is 16.0 Å². The molecule has 1 saturated carbocycles. The number of aliphatic hydroxyl groups excluding tert-OH is 1. The minimum absolute atomic E-state index is 0.108. The Morgan fingerprint density at radius 2 is 1.73 bits per heavy atom. The van der Waals surface area contributed by atoms with E-state index in [0.717, 1.165) is 43.2 Å². The van der Waals surface area contributed by atoms with Gasteiger partial charge in [0.2, 0.25) is 17.7 Å². The fourth-order valence-corrected chi connectivity index (χ4v) is 6.53. The van der Waals surface area contributed by atoms with Gasteiger partial charge in [-0.3, -0.25) is 19.3 Å². The number of aryl methyl sites for hydroxylation is 1. The van der Waals surface area contributed by atoms with Gasteiger partial charge in [0, 0.05) is 12.6 Å². The molecule has 2 aromatic rings. The molecule has 10 heteroatoms. The zero-order valence-corrected chi connectivity index (χ0v) is 25.3. The molecule has 2 aliphatic heterocycles. The molecule has 4 atom stereocenters. The Hall–Kier alpha value is -3.50. The van der Waals surface area contributed by atoms with Crippen LogP contribution < -0.4 is 20.7 Å². The predicted molar refractivity (Wildman–Crippen MR) is 164 cm³/mol. The topological polar surface area (TPSA) is 120 Å². The van der Waals surface area contributed by atoms with E-state index in [-0.39, 0.29) is 30.1 Å². The van der Waals surface area contributed by atoms with Crippen LogP contribution in [-0.4, -0.2) is 71.3 Å². The van der Waals surface area contributed by atoms with E-state index in [9.17, 15) is 23.9 Å². The zero-order valence-electron chi connectivity index (χ0n) is 25.3. The molecule has 238 valence electrons. The Morgan fingerprint density at radius 1 is 0.955 bits per heavy atom. The van der Waals surface area contributed by atoms with Gasteiger partial charge in [0.15, 0.2) is 0 Å². The van der Waals surface area contributed by atoms with Crippen molar-refractivity contribution in [2.45, 2.75) is 107 Å². The van der Waals surface area contributed by atoms with Crippen LogP contribution in [0.3, 0.4) is 0 Å². The van der Waals surface area contributed by atoms with Crippen molar-refractivity contribution in [1.82, 2.24) is 20.9 Å². The second-order valence-corrected chi connectivity index (χ2v) is 12.3. The number of benzene rings is 2. The van der Waals surface area contributed by atoms with E-state index >= 15 is 0 Å². The van der Waals surface area contributed by atoms with E-state index in [4.69, 9.17) is 4.74 Å². The molecule has 1 saturated heterocycles. The van der Waals surface area contributed by atoms with Gasteiger partial charge in [-0.25, -0.2) is 4.39 Å². The monoisotopic (exact) mass is 608 g/mol. The molecule has 3 amide bonds. The average Bonchev–Trinajstić information content (AvgIpc) is 3.69. The lowest BCUT2D eigenvalue weighted by Gasteiger charge is -2.31. The first kappa shape index (κ1) is 31.9. The number of ether oxygens (including phenoxy) is 1. The number of nitrogens with one attached hydrogen (secondary N) is 3. The van der Waals surface area contributed by atoms with Gasteiger partial charge in [0.25, 0.3) is 0 Å². The van der Waals surface area contributed by atoms with Crippen molar-refractivity contribution < 1.29 is 28.6 Å². The summed E-state index contributed by atoms with van der Waals surface area (Å²) in [5, 5.41) is 19.8. The Labute approximate surface area is 258 Å². The Bertz CT molecular complexity index is 1270. The maximum absolute atomic E-state index is 14.0. The first-order valence-electron chi connectivity index (χ1n) is 16.2. The van der Waals surface area contributed by atoms with Crippen molar-refractivity contribution in [3.05, 3.63) is 65.5 Å². The van der Waals surface area contributed by atoms with Gasteiger partial charge in [0.1, 0.15) is 29.9 Å². The number of amides is 3. The molecule has 5 rings (SSSR count). The van der Waals surface area contributed by atoms with Crippen molar-refractivity contribution in [2.75, 3.05) is 13.2 Å². The van der Waals surface area contributed by atoms with Gasteiger partial charge in [-0.1, -0.05) is 37.1 Å². The Balaban J connectivity index is 1.41. The average molecular weight is 609 g/mol. The zero-order chi connectivity index (χ0) is 30.9. The van der Waals surface area contributed by atoms with Gasteiger partial charge in [0.05, 0.1) is 12.6 Å². The van der Waals surface area contributed by atoms with E-state index in [1.165, 1.54) is 12.1 Å². The number of rotatable bonds is 6. The number of likely N-dealkylation sites (tertiary alicyclic amines) is 1. The minimum Gasteiger partial charge on any atom is -0.494 e. The summed E-state index contributed by atoms with van der Waals surface area (Å²) in [4.78, 5) is 43.0. The van der Waals surface area contributed by atoms with Gasteiger partial charge in [-0.2, -0.15) is 0 Å². The number of hydrogen-bond donors (Lipinski definition) is 4. The molecule has 0 aromatic heterocycles. The van der Waals surface area contributed by atoms with Crippen LogP contribution in [0.2, 0.25) is 0 Å². The molecule has 2 heterocycles. The second-order valence-electron chi connectivity index (χ2n) is 12.3. The van der Waals surface area contributed by atoms with Crippen LogP contribution in [0.15, 0.2) is 48.5 Å². The summed E-state index contributed by atoms with van der Waals surface area (Å²) in [5.41, 5.74) is 1.73. The highest BCUT2D eigenvalue weighted by Gasteiger charge is 2.36. The number of nitrogens with zero attached hydrogens (tertiary/aromatic N) is 1. The molecule has 1 unspecified atom stereocenters. The SMILES string of the molecule is O=C(NC1CCCC1)[C@@H]1CCCCOc2cccc(c2)C[C@H](N2CCCC2O)C(=O)N[C@@H](CCc2ccc(F)cc2)C(=O)N1. The summed E-state index contributed by atoms with van der Waals surface area (Å²) < 4.78 is 19.5. The van der Waals surface area contributed by atoms with Crippen LogP contribution in [0.5, 0.6) is 5.75 Å². The lowest BCUT2D eigenvalue weighted by Crippen LogP contribution is -2.58. The number of aliphatic hydroxyl groups is 1. The van der Waals surface area contributed by atoms with E-state index in [1.54, 1.807) is 17.0 Å². The van der Waals surface area contributed by atoms with Crippen LogP contribution >= 0.6 is 0 Å². The van der Waals surface area contributed by atoms with Crippen LogP contribution in [0, 0.1) is 5.82 Å². The predicted octanol–water partition coefficient (Wildman–Crippen LogP) is 3.37. The van der Waals surface area contributed by atoms with Gasteiger partial charge in [-0.05, 0) is 99.6 Å². The molecule has 3 aliphatic rings. The van der Waals surface area contributed by atoms with Crippen molar-refractivity contribution in [1.29, 1.82) is 0 Å². The quantitative estimate of drug-likeness (QED) is 0.399. The first-order chi connectivity index (χ1) is 21.4. The molecular weight excluding hydrogens is 563 g/mol. The van der Waals surface area contributed by atoms with Crippen LogP contribution in [-0.2, 0) is 27.2 Å². The summed E-state index contributed by atoms with van der Waals surface area (Å²) in [5.74, 6) is -0.644. The number of hydrogen-bond acceptors (Lipinski definition) is 6. The van der Waals surface area contributed by atoms with Crippen LogP contribution in [0.25, 0.3) is 0 Å². The fraction of sp³-hybridized carbons (Fsp3) is 0.559. The molecule has 2 fully saturated rings. The maximum Gasteiger partial charge on any atom is 0.243 e. The van der Waals surface area contributed by atoms with Gasteiger partial charge >= 0.3 is 0 Å². The van der Waals surface area contributed by atoms with Crippen LogP contribution in [0.4, 0.5) is 4.39 Å². The molecular formula is C34H45FN4O5. The minimum atomic E-state index is -0.931. The first-order valence-corrected chi connectivity index (χ1v) is 16.2. The third-order valence-corrected chi connectivity index (χ3v) is 9.05. The molecule has 4 N–H and O–H groups in total. The highest BCUT2D eigenvalue weighted by Crippen LogP contribution is 2.24. The molecule has 9 nitrogen and oxygen atoms in total. The maximum atomic E-state index is 14.0. The normalized spacial score (nSPS) is 26.0. The molecule has 2 bridgehead atoms. The summed E-state index contributed by atoms with van der Waals surface area (Å²) in [6.45, 7) is 1.02. The fourth-order valence-electron chi connectivity index (χ4n) is 6.53. The third-order valence-electron chi connectivity index (χ3n) is 9.05. The largest absolute Gasteiger partial charge is 0.494 e. The Kier molecular flexibility index (Phi) is 11.2. The molecule has 0 radical (unpaired) electrons. The third kappa shape index (κ3) is 8.79. The molecule has 2 aromatic carbocycles. The van der Waals surface area contributed by atoms with Crippen molar-refractivity contribution in [3.63, 3.8) is 0 Å². The highest BCUT2D eigenvalue weighted by molar-refractivity contribution is 5.93. The Morgan fingerprint density at radius 3 is 2.48 bits per heavy atom. The molecule has 44 heavy (non-hydrogen) atoms. The molecule has 1 aliphatic carbocycles. The van der Waals surface area contributed by atoms with Gasteiger partial charge < -0.3 is 25.8 Å². The highest BCUT2D eigenvalue weighted by atomic mass is 19.1. The standard InChI is InChI=1S/C34H45FN4O5/c35-25-16-13-23(14-17-25)15-18-29-33(42)37-28(32(41)36-26-8-1-2-9-26)11-3-4-20-44-27-10-5-7-24(21-27)22-30(34(43)38-29)39-19-6-12-31(39)40/h5,7,10,13-14,16-17,21,26,28-31,40H,1-4,6,8-9,11-12,15,18-20,22H2,(H,36,41)(H,37,42)(H,38,43)/t28-,29-,30-,31?/m0/s1. The van der Waals surface area contributed by atoms with E-state index in [0.29, 0.717) is 57.4 Å². The number of halogens is 1. The summed E-state index contributed by atoms with van der Waals surface area (Å²) >= 11 is 0. The smallest absolute Gasteiger partial charge is 0.243 e. The van der Waals surface area contributed by atoms with Gasteiger partial charge in [-0.15, -0.1) is 0 Å². The van der Waals surface area contributed by atoms with E-state index in [1.807, 2.05) is 24.3 Å². The lowest BCUT2D eigenvalue weighted by molar-refractivity contribution is -0.135. The summed E-state index contributed by atoms with van der Waals surface area (Å²) in [6.07, 6.45) is 7.42. The van der Waals surface area contributed by atoms with Crippen LogP contribution in [0.1, 0.15) is 75.3 Å². The van der Waals surface area contributed by atoms with Crippen molar-refractivity contribution in [3.8, 4) is 5.75 Å². The summed E-state index contributed by atoms with van der Waals surface area (Å²) in [7, 11) is 0. The molecule has 0 spiro atoms. The number of carbonyl (C=O) groups excluding carboxylic acids is 3. The number of fused-ring (bicyclic) bond motifs is 2. The second kappa shape index (κ2) is 15.5.